The molecule has 2 nitrogen and oxygen atoms in total. The van der Waals surface area contributed by atoms with E-state index >= 15 is 0 Å². The van der Waals surface area contributed by atoms with Gasteiger partial charge in [-0.1, -0.05) is 157 Å². The minimum absolute atomic E-state index is 1.12. The number of rotatable bonds is 11. The van der Waals surface area contributed by atoms with Gasteiger partial charge in [0.1, 0.15) is 0 Å². The van der Waals surface area contributed by atoms with E-state index in [-0.39, 0.29) is 0 Å². The predicted molar refractivity (Wildman–Crippen MR) is 246 cm³/mol. The molecule has 0 saturated carbocycles. The van der Waals surface area contributed by atoms with Crippen molar-refractivity contribution in [3.8, 4) is 11.1 Å². The average Bonchev–Trinajstić information content (AvgIpc) is 3.26. The summed E-state index contributed by atoms with van der Waals surface area (Å²) in [5, 5.41) is 0. The molecule has 0 amide bonds. The van der Waals surface area contributed by atoms with Gasteiger partial charge in [-0.2, -0.15) is 0 Å². The van der Waals surface area contributed by atoms with E-state index in [9.17, 15) is 0 Å². The van der Waals surface area contributed by atoms with Crippen LogP contribution in [0.5, 0.6) is 0 Å². The van der Waals surface area contributed by atoms with E-state index in [1.54, 1.807) is 0 Å². The highest BCUT2D eigenvalue weighted by molar-refractivity contribution is 5.84. The van der Waals surface area contributed by atoms with Crippen LogP contribution >= 0.6 is 0 Å². The topological polar surface area (TPSA) is 6.48 Å². The summed E-state index contributed by atoms with van der Waals surface area (Å²) in [4.78, 5) is 4.71. The summed E-state index contributed by atoms with van der Waals surface area (Å²) in [7, 11) is 0. The maximum absolute atomic E-state index is 2.36. The molecule has 57 heavy (non-hydrogen) atoms. The number of hydrogen-bond acceptors (Lipinski definition) is 2. The summed E-state index contributed by atoms with van der Waals surface area (Å²) in [6.07, 6.45) is 8.65. The summed E-state index contributed by atoms with van der Waals surface area (Å²) in [6, 6.07) is 71.5. The first-order valence-electron chi connectivity index (χ1n) is 19.6. The first-order valence-corrected chi connectivity index (χ1v) is 19.6. The van der Waals surface area contributed by atoms with E-state index in [0.717, 1.165) is 45.3 Å². The van der Waals surface area contributed by atoms with E-state index in [2.05, 4.69) is 243 Å². The zero-order chi connectivity index (χ0) is 39.0. The molecule has 0 aromatic heterocycles. The van der Waals surface area contributed by atoms with Crippen molar-refractivity contribution >= 4 is 58.4 Å². The largest absolute Gasteiger partial charge is 0.310 e. The van der Waals surface area contributed by atoms with Gasteiger partial charge in [0.05, 0.1) is 0 Å². The highest BCUT2D eigenvalue weighted by Crippen LogP contribution is 2.41. The van der Waals surface area contributed by atoms with Crippen LogP contribution in [0, 0.1) is 20.8 Å². The molecule has 8 aromatic rings. The standard InChI is InChI=1S/C55H46N2/c1-41-19-31-51(32-20-41)57(53-35-27-47(28-36-53)24-22-45-15-9-5-10-16-45)55-38-30-49(40-43(55)3)48-29-37-54(42(2)39-48)56(50-17-11-6-12-18-50)52-33-25-46(26-34-52)23-21-44-13-7-4-8-14-44/h4-40H,1-3H3. The van der Waals surface area contributed by atoms with Crippen LogP contribution in [0.15, 0.2) is 200 Å². The van der Waals surface area contributed by atoms with Gasteiger partial charge in [0.2, 0.25) is 0 Å². The summed E-state index contributed by atoms with van der Waals surface area (Å²) in [5.41, 5.74) is 17.5. The minimum Gasteiger partial charge on any atom is -0.310 e. The molecule has 0 aliphatic carbocycles. The van der Waals surface area contributed by atoms with Crippen molar-refractivity contribution in [3.05, 3.63) is 239 Å². The first kappa shape index (κ1) is 36.8. The second-order valence-corrected chi connectivity index (χ2v) is 14.5. The van der Waals surface area contributed by atoms with Gasteiger partial charge in [0.25, 0.3) is 0 Å². The second-order valence-electron chi connectivity index (χ2n) is 14.5. The molecule has 0 fully saturated rings. The van der Waals surface area contributed by atoms with Crippen LogP contribution in [-0.4, -0.2) is 0 Å². The van der Waals surface area contributed by atoms with Crippen LogP contribution in [0.4, 0.5) is 34.1 Å². The van der Waals surface area contributed by atoms with E-state index in [0.29, 0.717) is 0 Å². The average molecular weight is 735 g/mol. The van der Waals surface area contributed by atoms with Gasteiger partial charge in [0.15, 0.2) is 0 Å². The van der Waals surface area contributed by atoms with Crippen LogP contribution in [-0.2, 0) is 0 Å². The molecule has 0 aliphatic rings. The molecule has 0 atom stereocenters. The quantitative estimate of drug-likeness (QED) is 0.122. The maximum Gasteiger partial charge on any atom is 0.0491 e. The van der Waals surface area contributed by atoms with Crippen molar-refractivity contribution in [3.63, 3.8) is 0 Å². The maximum atomic E-state index is 2.36. The number of nitrogens with zero attached hydrogens (tertiary/aromatic N) is 2. The molecule has 0 spiro atoms. The molecule has 0 saturated heterocycles. The SMILES string of the molecule is Cc1ccc(N(c2ccc(C=Cc3ccccc3)cc2)c2ccc(-c3ccc(N(c4ccccc4)c4ccc(C=Cc5ccccc5)cc4)c(C)c3)cc2C)cc1. The van der Waals surface area contributed by atoms with Gasteiger partial charge in [-0.15, -0.1) is 0 Å². The van der Waals surface area contributed by atoms with Crippen LogP contribution in [0.2, 0.25) is 0 Å². The lowest BCUT2D eigenvalue weighted by atomic mass is 9.98. The van der Waals surface area contributed by atoms with Gasteiger partial charge >= 0.3 is 0 Å². The third kappa shape index (κ3) is 8.72. The molecule has 0 heterocycles. The smallest absolute Gasteiger partial charge is 0.0491 e. The molecule has 0 radical (unpaired) electrons. The Hall–Kier alpha value is -7.16. The fourth-order valence-corrected chi connectivity index (χ4v) is 7.28. The molecule has 2 heteroatoms. The second kappa shape index (κ2) is 17.1. The number of anilines is 6. The van der Waals surface area contributed by atoms with Crippen LogP contribution in [0.1, 0.15) is 38.9 Å². The Balaban J connectivity index is 1.08. The third-order valence-electron chi connectivity index (χ3n) is 10.4. The number of benzene rings is 8. The molecular formula is C55H46N2. The number of aryl methyl sites for hydroxylation is 3. The Bertz CT molecular complexity index is 2610. The fourth-order valence-electron chi connectivity index (χ4n) is 7.28. The Morgan fingerprint density at radius 2 is 0.614 bits per heavy atom. The summed E-state index contributed by atoms with van der Waals surface area (Å²) >= 11 is 0. The Kier molecular flexibility index (Phi) is 11.0. The molecule has 0 N–H and O–H groups in total. The predicted octanol–water partition coefficient (Wildman–Crippen LogP) is 15.6. The van der Waals surface area contributed by atoms with Gasteiger partial charge in [-0.25, -0.2) is 0 Å². The molecular weight excluding hydrogens is 689 g/mol. The van der Waals surface area contributed by atoms with E-state index < -0.39 is 0 Å². The highest BCUT2D eigenvalue weighted by Gasteiger charge is 2.18. The molecule has 8 aromatic carbocycles. The van der Waals surface area contributed by atoms with Crippen molar-refractivity contribution in [1.29, 1.82) is 0 Å². The van der Waals surface area contributed by atoms with Gasteiger partial charge in [0, 0.05) is 34.1 Å². The van der Waals surface area contributed by atoms with Crippen LogP contribution in [0.25, 0.3) is 35.4 Å². The van der Waals surface area contributed by atoms with Gasteiger partial charge in [-0.3, -0.25) is 0 Å². The van der Waals surface area contributed by atoms with Crippen molar-refractivity contribution in [2.75, 3.05) is 9.80 Å². The first-order chi connectivity index (χ1) is 28.0. The number of hydrogen-bond donors (Lipinski definition) is 0. The van der Waals surface area contributed by atoms with E-state index in [4.69, 9.17) is 0 Å². The Labute approximate surface area is 338 Å². The van der Waals surface area contributed by atoms with Crippen molar-refractivity contribution in [1.82, 2.24) is 0 Å². The zero-order valence-corrected chi connectivity index (χ0v) is 32.8. The third-order valence-corrected chi connectivity index (χ3v) is 10.4. The lowest BCUT2D eigenvalue weighted by Crippen LogP contribution is -2.11. The molecule has 276 valence electrons. The number of para-hydroxylation sites is 1. The van der Waals surface area contributed by atoms with Crippen LogP contribution in [0.3, 0.4) is 0 Å². The van der Waals surface area contributed by atoms with Crippen molar-refractivity contribution < 1.29 is 0 Å². The molecule has 8 rings (SSSR count). The zero-order valence-electron chi connectivity index (χ0n) is 32.8. The normalized spacial score (nSPS) is 11.3. The Morgan fingerprint density at radius 3 is 0.982 bits per heavy atom. The van der Waals surface area contributed by atoms with Crippen LogP contribution < -0.4 is 9.80 Å². The minimum atomic E-state index is 1.12. The Morgan fingerprint density at radius 1 is 0.298 bits per heavy atom. The summed E-state index contributed by atoms with van der Waals surface area (Å²) < 4.78 is 0. The monoisotopic (exact) mass is 734 g/mol. The summed E-state index contributed by atoms with van der Waals surface area (Å²) in [5.74, 6) is 0. The highest BCUT2D eigenvalue weighted by atomic mass is 15.1. The fraction of sp³-hybridized carbons (Fsp3) is 0.0545. The van der Waals surface area contributed by atoms with E-state index in [1.807, 2.05) is 12.1 Å². The lowest BCUT2D eigenvalue weighted by Gasteiger charge is -2.28. The molecule has 0 aliphatic heterocycles. The molecule has 0 unspecified atom stereocenters. The summed E-state index contributed by atoms with van der Waals surface area (Å²) in [6.45, 7) is 6.56. The lowest BCUT2D eigenvalue weighted by molar-refractivity contribution is 1.24. The van der Waals surface area contributed by atoms with Crippen molar-refractivity contribution in [2.45, 2.75) is 20.8 Å². The van der Waals surface area contributed by atoms with Gasteiger partial charge in [-0.05, 0) is 138 Å². The van der Waals surface area contributed by atoms with Crippen molar-refractivity contribution in [2.24, 2.45) is 0 Å². The van der Waals surface area contributed by atoms with E-state index in [1.165, 1.54) is 38.9 Å². The van der Waals surface area contributed by atoms with Gasteiger partial charge < -0.3 is 9.80 Å². The molecule has 0 bridgehead atoms.